The van der Waals surface area contributed by atoms with Gasteiger partial charge in [0.2, 0.25) is 5.95 Å². The highest BCUT2D eigenvalue weighted by Crippen LogP contribution is 2.39. The number of piperidine rings is 1. The second-order valence-corrected chi connectivity index (χ2v) is 16.2. The Labute approximate surface area is 334 Å². The van der Waals surface area contributed by atoms with E-state index in [0.29, 0.717) is 47.5 Å². The molecule has 3 N–H and O–H groups in total. The zero-order chi connectivity index (χ0) is 39.1. The van der Waals surface area contributed by atoms with Crippen LogP contribution in [0.15, 0.2) is 65.8 Å². The standard InChI is InChI=1S/C42H54ClN9O4/c1-42(2,3)37(44)27-38(45-29-12-14-33(43)36(26-29)55-23-9-18-50-21-24-54-25-22-50)47-40(53)46-34-15-16-35(32-11-6-5-10-31(32)34)56-30-13-17-39-48-49-41(52(39)28-30)51-19-7-4-8-20-51/h5-6,10-14,17,26,28,34-35,44H,4,7-9,15-16,18-25,27H2,1-3H3,(H2,45,46,47,53). The SMILES string of the molecule is CC(C)(C)C(=N)CC(=Nc1ccc(Cl)c(OCCCN2CCOCC2)c1)NC(=O)NC1CCC(Oc2ccc3nnc(N4CCCCC4)n3c2)c2ccccc21. The summed E-state index contributed by atoms with van der Waals surface area (Å²) < 4.78 is 20.2. The minimum Gasteiger partial charge on any atom is -0.492 e. The predicted molar refractivity (Wildman–Crippen MR) is 220 cm³/mol. The number of halogens is 1. The van der Waals surface area contributed by atoms with Gasteiger partial charge in [-0.05, 0) is 79.3 Å². The highest BCUT2D eigenvalue weighted by molar-refractivity contribution is 6.32. The Bertz CT molecular complexity index is 2020. The molecule has 2 saturated heterocycles. The number of amidine groups is 1. The summed E-state index contributed by atoms with van der Waals surface area (Å²) in [5, 5.41) is 24.3. The zero-order valence-corrected chi connectivity index (χ0v) is 33.5. The molecular formula is C42H54ClN9O4. The number of morpholine rings is 1. The Balaban J connectivity index is 1.02. The van der Waals surface area contributed by atoms with Gasteiger partial charge in [-0.1, -0.05) is 56.6 Å². The number of rotatable bonds is 12. The van der Waals surface area contributed by atoms with E-state index in [2.05, 4.69) is 36.7 Å². The van der Waals surface area contributed by atoms with Crippen LogP contribution in [0.2, 0.25) is 5.02 Å². The van der Waals surface area contributed by atoms with Crippen LogP contribution >= 0.6 is 11.6 Å². The van der Waals surface area contributed by atoms with Crippen LogP contribution < -0.4 is 25.0 Å². The number of hydrogen-bond donors (Lipinski definition) is 3. The first-order chi connectivity index (χ1) is 27.1. The molecular weight excluding hydrogens is 730 g/mol. The number of urea groups is 1. The first-order valence-corrected chi connectivity index (χ1v) is 20.3. The molecule has 4 heterocycles. The predicted octanol–water partition coefficient (Wildman–Crippen LogP) is 7.91. The molecule has 2 aromatic carbocycles. The van der Waals surface area contributed by atoms with Crippen LogP contribution in [-0.4, -0.2) is 89.6 Å². The van der Waals surface area contributed by atoms with E-state index in [0.717, 1.165) is 93.7 Å². The zero-order valence-electron chi connectivity index (χ0n) is 32.7. The van der Waals surface area contributed by atoms with Gasteiger partial charge in [-0.2, -0.15) is 0 Å². The molecule has 0 bridgehead atoms. The number of nitrogens with zero attached hydrogens (tertiary/aromatic N) is 6. The van der Waals surface area contributed by atoms with Gasteiger partial charge in [0, 0.05) is 50.9 Å². The quantitative estimate of drug-likeness (QED) is 0.0748. The topological polar surface area (TPSA) is 142 Å². The number of pyridine rings is 1. The molecule has 2 amide bonds. The number of aliphatic imine (C=N–C) groups is 1. The summed E-state index contributed by atoms with van der Waals surface area (Å²) in [6.07, 6.45) is 7.75. The lowest BCUT2D eigenvalue weighted by Gasteiger charge is -2.32. The molecule has 2 aromatic heterocycles. The molecule has 2 aliphatic heterocycles. The number of benzene rings is 2. The van der Waals surface area contributed by atoms with Crippen LogP contribution in [0.1, 0.15) is 89.0 Å². The van der Waals surface area contributed by atoms with Crippen molar-refractivity contribution in [2.24, 2.45) is 10.4 Å². The van der Waals surface area contributed by atoms with Crippen LogP contribution in [0, 0.1) is 10.8 Å². The summed E-state index contributed by atoms with van der Waals surface area (Å²) in [5.74, 6) is 2.49. The maximum atomic E-state index is 13.7. The molecule has 13 nitrogen and oxygen atoms in total. The monoisotopic (exact) mass is 783 g/mol. The average Bonchev–Trinajstić information content (AvgIpc) is 3.62. The van der Waals surface area contributed by atoms with E-state index in [1.165, 1.54) is 6.42 Å². The van der Waals surface area contributed by atoms with Gasteiger partial charge in [-0.3, -0.25) is 14.6 Å². The van der Waals surface area contributed by atoms with Gasteiger partial charge in [0.1, 0.15) is 23.4 Å². The normalized spacial score (nSPS) is 19.4. The van der Waals surface area contributed by atoms with E-state index in [4.69, 9.17) is 36.2 Å². The first-order valence-electron chi connectivity index (χ1n) is 19.9. The number of carbonyl (C=O) groups excluding carboxylic acids is 1. The van der Waals surface area contributed by atoms with Crippen molar-refractivity contribution in [2.75, 3.05) is 57.4 Å². The van der Waals surface area contributed by atoms with Crippen LogP contribution in [0.5, 0.6) is 11.5 Å². The third-order valence-corrected chi connectivity index (χ3v) is 11.0. The van der Waals surface area contributed by atoms with E-state index >= 15 is 0 Å². The fraction of sp³-hybridized carbons (Fsp3) is 0.500. The molecule has 56 heavy (non-hydrogen) atoms. The van der Waals surface area contributed by atoms with Crippen LogP contribution in [-0.2, 0) is 4.74 Å². The van der Waals surface area contributed by atoms with Crippen molar-refractivity contribution in [1.82, 2.24) is 30.1 Å². The van der Waals surface area contributed by atoms with Crippen molar-refractivity contribution in [1.29, 1.82) is 5.41 Å². The molecule has 0 spiro atoms. The maximum absolute atomic E-state index is 13.7. The summed E-state index contributed by atoms with van der Waals surface area (Å²) >= 11 is 6.52. The van der Waals surface area contributed by atoms with Gasteiger partial charge in [0.25, 0.3) is 0 Å². The number of amides is 2. The molecule has 0 saturated carbocycles. The average molecular weight is 784 g/mol. The number of fused-ring (bicyclic) bond motifs is 2. The van der Waals surface area contributed by atoms with E-state index < -0.39 is 5.41 Å². The second-order valence-electron chi connectivity index (χ2n) is 15.8. The summed E-state index contributed by atoms with van der Waals surface area (Å²) in [7, 11) is 0. The molecule has 7 rings (SSSR count). The summed E-state index contributed by atoms with van der Waals surface area (Å²) in [4.78, 5) is 23.2. The number of nitrogens with one attached hydrogen (secondary N) is 3. The smallest absolute Gasteiger partial charge is 0.320 e. The molecule has 1 aliphatic carbocycles. The van der Waals surface area contributed by atoms with Crippen molar-refractivity contribution in [2.45, 2.75) is 77.9 Å². The lowest BCUT2D eigenvalue weighted by molar-refractivity contribution is 0.0358. The fourth-order valence-corrected chi connectivity index (χ4v) is 7.59. The summed E-state index contributed by atoms with van der Waals surface area (Å²) in [5.41, 5.74) is 3.45. The Hall–Kier alpha value is -4.72. The third-order valence-electron chi connectivity index (χ3n) is 10.7. The van der Waals surface area contributed by atoms with Crippen molar-refractivity contribution in [3.63, 3.8) is 0 Å². The van der Waals surface area contributed by atoms with Crippen LogP contribution in [0.25, 0.3) is 5.65 Å². The van der Waals surface area contributed by atoms with E-state index in [1.807, 2.05) is 61.7 Å². The number of anilines is 1. The van der Waals surface area contributed by atoms with Crippen LogP contribution in [0.4, 0.5) is 16.4 Å². The van der Waals surface area contributed by atoms with Gasteiger partial charge in [0.05, 0.1) is 42.8 Å². The van der Waals surface area contributed by atoms with E-state index in [9.17, 15) is 4.79 Å². The molecule has 2 unspecified atom stereocenters. The van der Waals surface area contributed by atoms with Crippen molar-refractivity contribution < 1.29 is 19.0 Å². The Kier molecular flexibility index (Phi) is 12.7. The van der Waals surface area contributed by atoms with E-state index in [1.54, 1.807) is 18.2 Å². The highest BCUT2D eigenvalue weighted by atomic mass is 35.5. The number of hydrogen-bond acceptors (Lipinski definition) is 10. The minimum atomic E-state index is -0.404. The van der Waals surface area contributed by atoms with Gasteiger partial charge < -0.3 is 29.8 Å². The molecule has 2 fully saturated rings. The molecule has 298 valence electrons. The summed E-state index contributed by atoms with van der Waals surface area (Å²) in [6.45, 7) is 12.7. The fourth-order valence-electron chi connectivity index (χ4n) is 7.42. The number of ether oxygens (including phenoxy) is 3. The lowest BCUT2D eigenvalue weighted by atomic mass is 9.85. The van der Waals surface area contributed by atoms with E-state index in [-0.39, 0.29) is 24.6 Å². The molecule has 14 heteroatoms. The summed E-state index contributed by atoms with van der Waals surface area (Å²) in [6, 6.07) is 16.7. The molecule has 3 aliphatic rings. The first kappa shape index (κ1) is 39.5. The molecule has 2 atom stereocenters. The minimum absolute atomic E-state index is 0.169. The van der Waals surface area contributed by atoms with Crippen molar-refractivity contribution >= 4 is 46.5 Å². The second kappa shape index (κ2) is 18.0. The molecule has 4 aromatic rings. The third kappa shape index (κ3) is 9.98. The Morgan fingerprint density at radius 3 is 2.57 bits per heavy atom. The van der Waals surface area contributed by atoms with Crippen molar-refractivity contribution in [3.05, 3.63) is 76.9 Å². The van der Waals surface area contributed by atoms with Gasteiger partial charge >= 0.3 is 6.03 Å². The Morgan fingerprint density at radius 1 is 1.00 bits per heavy atom. The van der Waals surface area contributed by atoms with Gasteiger partial charge in [-0.15, -0.1) is 10.2 Å². The largest absolute Gasteiger partial charge is 0.492 e. The van der Waals surface area contributed by atoms with Crippen LogP contribution in [0.3, 0.4) is 0 Å². The lowest BCUT2D eigenvalue weighted by Crippen LogP contribution is -2.43. The van der Waals surface area contributed by atoms with Gasteiger partial charge in [0.15, 0.2) is 5.65 Å². The highest BCUT2D eigenvalue weighted by Gasteiger charge is 2.30. The van der Waals surface area contributed by atoms with Crippen molar-refractivity contribution in [3.8, 4) is 11.5 Å². The Morgan fingerprint density at radius 2 is 1.79 bits per heavy atom. The maximum Gasteiger partial charge on any atom is 0.320 e. The van der Waals surface area contributed by atoms with Gasteiger partial charge in [-0.25, -0.2) is 9.79 Å². The number of carbonyl (C=O) groups is 1. The molecule has 0 radical (unpaired) electrons. The number of aromatic nitrogens is 3.